The third-order valence-electron chi connectivity index (χ3n) is 3.40. The topological polar surface area (TPSA) is 35.5 Å². The molecular formula is C15H25FN2O. The van der Waals surface area contributed by atoms with E-state index in [0.29, 0.717) is 12.2 Å². The van der Waals surface area contributed by atoms with Crippen LogP contribution in [0.5, 0.6) is 0 Å². The Hall–Kier alpha value is -1.13. The van der Waals surface area contributed by atoms with Crippen LogP contribution in [0.15, 0.2) is 18.2 Å². The molecule has 1 unspecified atom stereocenters. The summed E-state index contributed by atoms with van der Waals surface area (Å²) < 4.78 is 14.2. The number of nitrogens with zero attached hydrogens (tertiary/aromatic N) is 1. The molecule has 0 aliphatic carbocycles. The second kappa shape index (κ2) is 8.12. The van der Waals surface area contributed by atoms with Crippen molar-refractivity contribution >= 4 is 5.69 Å². The highest BCUT2D eigenvalue weighted by molar-refractivity contribution is 5.49. The van der Waals surface area contributed by atoms with E-state index in [1.54, 1.807) is 6.07 Å². The summed E-state index contributed by atoms with van der Waals surface area (Å²) in [7, 11) is 1.86. The smallest absolute Gasteiger partial charge is 0.146 e. The predicted molar refractivity (Wildman–Crippen MR) is 78.1 cm³/mol. The molecule has 0 bridgehead atoms. The molecule has 1 aromatic rings. The number of nitrogens with one attached hydrogen (secondary N) is 1. The highest BCUT2D eigenvalue weighted by atomic mass is 19.1. The Morgan fingerprint density at radius 2 is 2.11 bits per heavy atom. The van der Waals surface area contributed by atoms with Crippen LogP contribution in [-0.2, 0) is 0 Å². The van der Waals surface area contributed by atoms with Gasteiger partial charge in [-0.25, -0.2) is 4.39 Å². The normalized spacial score (nSPS) is 12.5. The summed E-state index contributed by atoms with van der Waals surface area (Å²) in [6.07, 6.45) is 2.05. The first kappa shape index (κ1) is 15.9. The molecule has 4 heteroatoms. The summed E-state index contributed by atoms with van der Waals surface area (Å²) in [4.78, 5) is 1.91. The molecule has 0 aliphatic heterocycles. The third-order valence-corrected chi connectivity index (χ3v) is 3.40. The van der Waals surface area contributed by atoms with E-state index >= 15 is 0 Å². The zero-order valence-corrected chi connectivity index (χ0v) is 12.1. The number of hydrogen-bond donors (Lipinski definition) is 2. The minimum Gasteiger partial charge on any atom is -0.395 e. The quantitative estimate of drug-likeness (QED) is 0.761. The number of hydrogen-bond acceptors (Lipinski definition) is 3. The van der Waals surface area contributed by atoms with E-state index < -0.39 is 0 Å². The van der Waals surface area contributed by atoms with Crippen LogP contribution in [0.2, 0.25) is 0 Å². The molecule has 1 atom stereocenters. The molecule has 0 spiro atoms. The predicted octanol–water partition coefficient (Wildman–Crippen LogP) is 2.70. The Labute approximate surface area is 115 Å². The Bertz CT molecular complexity index is 384. The van der Waals surface area contributed by atoms with Gasteiger partial charge >= 0.3 is 0 Å². The van der Waals surface area contributed by atoms with Gasteiger partial charge in [-0.2, -0.15) is 0 Å². The molecule has 108 valence electrons. The van der Waals surface area contributed by atoms with Crippen molar-refractivity contribution in [2.75, 3.05) is 31.6 Å². The fourth-order valence-corrected chi connectivity index (χ4v) is 2.04. The maximum atomic E-state index is 14.2. The van der Waals surface area contributed by atoms with Gasteiger partial charge in [-0.15, -0.1) is 0 Å². The van der Waals surface area contributed by atoms with E-state index in [0.717, 1.165) is 24.9 Å². The van der Waals surface area contributed by atoms with Crippen LogP contribution in [0.25, 0.3) is 0 Å². The lowest BCUT2D eigenvalue weighted by molar-refractivity contribution is 0.301. The van der Waals surface area contributed by atoms with Crippen molar-refractivity contribution in [2.45, 2.75) is 32.7 Å². The Morgan fingerprint density at radius 3 is 2.63 bits per heavy atom. The van der Waals surface area contributed by atoms with Crippen LogP contribution in [0.3, 0.4) is 0 Å². The molecular weight excluding hydrogens is 243 g/mol. The van der Waals surface area contributed by atoms with Gasteiger partial charge in [0.05, 0.1) is 12.3 Å². The Morgan fingerprint density at radius 1 is 1.37 bits per heavy atom. The minimum atomic E-state index is -0.218. The Balaban J connectivity index is 2.90. The number of anilines is 1. The standard InChI is InChI=1S/C15H25FN2O/c1-4-5-8-18(9-10-19)15-7-6-13(11-14(15)16)12(2)17-3/h6-7,11-12,17,19H,4-5,8-10H2,1-3H3. The zero-order valence-electron chi connectivity index (χ0n) is 12.1. The first-order valence-electron chi connectivity index (χ1n) is 6.96. The molecule has 0 aliphatic rings. The average Bonchev–Trinajstić information content (AvgIpc) is 2.42. The van der Waals surface area contributed by atoms with E-state index in [1.807, 2.05) is 31.0 Å². The lowest BCUT2D eigenvalue weighted by Crippen LogP contribution is -2.28. The van der Waals surface area contributed by atoms with Gasteiger partial charge < -0.3 is 15.3 Å². The molecule has 0 radical (unpaired) electrons. The van der Waals surface area contributed by atoms with Gasteiger partial charge in [-0.05, 0) is 38.1 Å². The van der Waals surface area contributed by atoms with Crippen LogP contribution >= 0.6 is 0 Å². The van der Waals surface area contributed by atoms with Crippen molar-refractivity contribution in [1.82, 2.24) is 5.32 Å². The molecule has 0 saturated carbocycles. The van der Waals surface area contributed by atoms with Crippen molar-refractivity contribution in [3.8, 4) is 0 Å². The van der Waals surface area contributed by atoms with E-state index in [4.69, 9.17) is 5.11 Å². The zero-order chi connectivity index (χ0) is 14.3. The number of rotatable bonds is 8. The molecule has 0 amide bonds. The van der Waals surface area contributed by atoms with Crippen molar-refractivity contribution in [1.29, 1.82) is 0 Å². The van der Waals surface area contributed by atoms with Gasteiger partial charge in [0.15, 0.2) is 0 Å². The molecule has 0 heterocycles. The molecule has 0 aromatic heterocycles. The highest BCUT2D eigenvalue weighted by Crippen LogP contribution is 2.23. The molecule has 1 rings (SSSR count). The van der Waals surface area contributed by atoms with Crippen molar-refractivity contribution in [2.24, 2.45) is 0 Å². The molecule has 2 N–H and O–H groups in total. The van der Waals surface area contributed by atoms with E-state index in [-0.39, 0.29) is 18.5 Å². The van der Waals surface area contributed by atoms with Gasteiger partial charge in [-0.3, -0.25) is 0 Å². The van der Waals surface area contributed by atoms with Crippen LogP contribution in [-0.4, -0.2) is 31.9 Å². The van der Waals surface area contributed by atoms with E-state index in [2.05, 4.69) is 12.2 Å². The van der Waals surface area contributed by atoms with Gasteiger partial charge in [0, 0.05) is 19.1 Å². The third kappa shape index (κ3) is 4.48. The van der Waals surface area contributed by atoms with Gasteiger partial charge in [0.1, 0.15) is 5.82 Å². The van der Waals surface area contributed by atoms with E-state index in [1.165, 1.54) is 0 Å². The van der Waals surface area contributed by atoms with Crippen LogP contribution in [0, 0.1) is 5.82 Å². The summed E-state index contributed by atoms with van der Waals surface area (Å²) in [6, 6.07) is 5.46. The van der Waals surface area contributed by atoms with Gasteiger partial charge in [0.2, 0.25) is 0 Å². The number of benzene rings is 1. The second-order valence-corrected chi connectivity index (χ2v) is 4.79. The number of unbranched alkanes of at least 4 members (excludes halogenated alkanes) is 1. The average molecular weight is 268 g/mol. The summed E-state index contributed by atoms with van der Waals surface area (Å²) in [5.74, 6) is -0.218. The largest absolute Gasteiger partial charge is 0.395 e. The van der Waals surface area contributed by atoms with Crippen LogP contribution < -0.4 is 10.2 Å². The Kier molecular flexibility index (Phi) is 6.81. The second-order valence-electron chi connectivity index (χ2n) is 4.79. The fourth-order valence-electron chi connectivity index (χ4n) is 2.04. The van der Waals surface area contributed by atoms with Crippen molar-refractivity contribution in [3.05, 3.63) is 29.6 Å². The first-order chi connectivity index (χ1) is 9.13. The number of aliphatic hydroxyl groups excluding tert-OH is 1. The lowest BCUT2D eigenvalue weighted by atomic mass is 10.1. The maximum absolute atomic E-state index is 14.2. The summed E-state index contributed by atoms with van der Waals surface area (Å²) in [6.45, 7) is 5.38. The van der Waals surface area contributed by atoms with Gasteiger partial charge in [0.25, 0.3) is 0 Å². The fraction of sp³-hybridized carbons (Fsp3) is 0.600. The SMILES string of the molecule is CCCCN(CCO)c1ccc(C(C)NC)cc1F. The summed E-state index contributed by atoms with van der Waals surface area (Å²) in [5, 5.41) is 12.2. The molecule has 3 nitrogen and oxygen atoms in total. The molecule has 19 heavy (non-hydrogen) atoms. The number of aliphatic hydroxyl groups is 1. The van der Waals surface area contributed by atoms with Crippen molar-refractivity contribution in [3.63, 3.8) is 0 Å². The first-order valence-corrected chi connectivity index (χ1v) is 6.96. The lowest BCUT2D eigenvalue weighted by Gasteiger charge is -2.25. The molecule has 1 aromatic carbocycles. The number of halogens is 1. The molecule has 0 fully saturated rings. The van der Waals surface area contributed by atoms with Gasteiger partial charge in [-0.1, -0.05) is 19.4 Å². The van der Waals surface area contributed by atoms with E-state index in [9.17, 15) is 4.39 Å². The van der Waals surface area contributed by atoms with Crippen molar-refractivity contribution < 1.29 is 9.50 Å². The molecule has 0 saturated heterocycles. The monoisotopic (exact) mass is 268 g/mol. The van der Waals surface area contributed by atoms with Crippen LogP contribution in [0.4, 0.5) is 10.1 Å². The highest BCUT2D eigenvalue weighted by Gasteiger charge is 2.13. The maximum Gasteiger partial charge on any atom is 0.146 e. The summed E-state index contributed by atoms with van der Waals surface area (Å²) in [5.41, 5.74) is 1.51. The van der Waals surface area contributed by atoms with Crippen LogP contribution in [0.1, 0.15) is 38.3 Å². The summed E-state index contributed by atoms with van der Waals surface area (Å²) >= 11 is 0. The minimum absolute atomic E-state index is 0.0395.